The Morgan fingerprint density at radius 2 is 0.773 bits per heavy atom. The number of para-hydroxylation sites is 1. The third-order valence-electron chi connectivity index (χ3n) is 35.2. The highest BCUT2D eigenvalue weighted by atomic mass is 35.5. The number of nitrogens with two attached hydrogens (primary N) is 4. The Morgan fingerprint density at radius 1 is 0.432 bits per heavy atom. The van der Waals surface area contributed by atoms with Crippen LogP contribution in [-0.2, 0) is 44.7 Å². The molecule has 8 unspecified atom stereocenters. The first-order valence-corrected chi connectivity index (χ1v) is 49.2. The minimum atomic E-state index is -0.411. The molecule has 29 nitrogen and oxygen atoms in total. The molecule has 20 aliphatic rings. The van der Waals surface area contributed by atoms with E-state index < -0.39 is 5.41 Å². The first kappa shape index (κ1) is 87.9. The zero-order valence-electron chi connectivity index (χ0n) is 76.3. The third kappa shape index (κ3) is 15.2. The van der Waals surface area contributed by atoms with Crippen LogP contribution in [0.2, 0.25) is 5.02 Å². The van der Waals surface area contributed by atoms with E-state index in [0.29, 0.717) is 105 Å². The lowest BCUT2D eigenvalue weighted by Gasteiger charge is -2.58. The summed E-state index contributed by atoms with van der Waals surface area (Å²) in [7, 11) is 0. The van der Waals surface area contributed by atoms with Gasteiger partial charge in [-0.3, -0.25) is 28.3 Å². The topological polar surface area (TPSA) is 371 Å². The number of carbonyl (C=O) groups excluding carboxylic acids is 8. The summed E-state index contributed by atoms with van der Waals surface area (Å²) in [6, 6.07) is 22.8. The number of terminal acetylenes is 1. The van der Waals surface area contributed by atoms with Crippen molar-refractivity contribution in [2.75, 3.05) is 52.4 Å². The maximum Gasteiger partial charge on any atom is 0.410 e. The molecule has 4 aromatic carbocycles. The number of primary amides is 4. The second-order valence-corrected chi connectivity index (χ2v) is 43.8. The molecular formula is C101H124ClFN16O13. The van der Waals surface area contributed by atoms with Gasteiger partial charge in [-0.2, -0.15) is 0 Å². The zero-order valence-corrected chi connectivity index (χ0v) is 77.1. The first-order valence-electron chi connectivity index (χ1n) is 48.8. The Bertz CT molecular complexity index is 6060. The molecule has 8 amide bonds. The van der Waals surface area contributed by atoms with Gasteiger partial charge < -0.3 is 75.2 Å². The molecule has 4 aliphatic heterocycles. The number of likely N-dealkylation sites (tertiary alicyclic amines) is 4. The van der Waals surface area contributed by atoms with Gasteiger partial charge in [0, 0.05) is 64.5 Å². The van der Waals surface area contributed by atoms with E-state index in [4.69, 9.17) is 69.9 Å². The first-order chi connectivity index (χ1) is 63.3. The van der Waals surface area contributed by atoms with Crippen LogP contribution in [0.4, 0.5) is 23.6 Å². The van der Waals surface area contributed by atoms with Crippen molar-refractivity contribution in [1.29, 1.82) is 0 Å². The van der Waals surface area contributed by atoms with Gasteiger partial charge in [0.15, 0.2) is 0 Å². The molecule has 4 aromatic heterocycles. The van der Waals surface area contributed by atoms with Crippen molar-refractivity contribution in [3.63, 3.8) is 0 Å². The van der Waals surface area contributed by atoms with Gasteiger partial charge in [-0.05, 0) is 325 Å². The Morgan fingerprint density at radius 3 is 1.14 bits per heavy atom. The smallest absolute Gasteiger partial charge is 0.410 e. The number of fused-ring (bicyclic) bond motifs is 4. The Kier molecular flexibility index (Phi) is 22.3. The fourth-order valence-electron chi connectivity index (χ4n) is 30.4. The Balaban J connectivity index is 0.000000106. The second kappa shape index (κ2) is 33.4. The standard InChI is InChI=1S/C26H33FN4O4.C26H30N4O3.C25H32N4O3.C24H29ClN4O3/c1-2-6-30-21-10-18(27)3-4-20(21)31(24(30)33)19-5-7-29(14-19)25(34)35-22-16-8-15-9-17(22)13-26(11-15,12-16)23(28)32;1-3-16-4-5-22-21(10-16)28-15(2)30(22)20-6-7-29(14-20)25(32)33-23-18-8-17-9-19(23)13-26(11-17,12-18)24(27)31;1-14-3-4-21-20(7-14)27-15(2)29(21)19-5-6-28(13-19)24(31)32-22-17-8-16-9-18(22)12-25(10-16,11-17)23(26)30;1-13-27-19-4-2-3-18(25)20(19)29(13)17-5-6-28(12-17)23(31)32-21-15-7-14-8-16(21)11-24(9-14,10-15)22(26)30/h3-4,10,15-17,19,22H,2,5-9,11-14H2,1H3,(H2,28,32);1,4-5,10,17-20,23H,6-9,11-14H2,2H3,(H2,27,31);3-4,7,16-19,22H,5-6,8-13H2,1-2H3,(H2,26,30);2-4,14-17,21H,5-12H2,1H3,(H2,26,30)/t15?,16?,17?,19-,22?,26?;17?,18?,19?,20-,23?,26?;16?,17?,18?,19-,22?,25?;14?,15?,16?,17-,21?,24?/m0000/s1. The summed E-state index contributed by atoms with van der Waals surface area (Å²) in [5, 5.41) is 0.682. The number of carbonyl (C=O) groups is 8. The highest BCUT2D eigenvalue weighted by Gasteiger charge is 2.64. The zero-order chi connectivity index (χ0) is 91.8. The van der Waals surface area contributed by atoms with Gasteiger partial charge in [-0.15, -0.1) is 6.42 Å². The van der Waals surface area contributed by atoms with Crippen LogP contribution in [0.15, 0.2) is 77.6 Å². The van der Waals surface area contributed by atoms with Gasteiger partial charge in [0.1, 0.15) is 47.7 Å². The van der Waals surface area contributed by atoms with Crippen molar-refractivity contribution < 1.29 is 61.7 Å². The van der Waals surface area contributed by atoms with Crippen LogP contribution in [0, 0.1) is 139 Å². The molecule has 16 saturated carbocycles. The summed E-state index contributed by atoms with van der Waals surface area (Å²) in [5.74, 6) is 8.60. The average molecular weight is 1820 g/mol. The van der Waals surface area contributed by atoms with Crippen LogP contribution < -0.4 is 28.6 Å². The number of amides is 8. The molecule has 8 heterocycles. The SMILES string of the molecule is C#Cc1ccc2c(c1)nc(C)n2[C@H]1CCN(C(=O)OC2C3CC4CC2CC(C(N)=O)(C4)C3)C1.CCCn1c(=O)n([C@H]2CCN(C(=O)OC3C4CC5CC3CC(C(N)=O)(C5)C4)C2)c2ccc(F)cc21.Cc1ccc2c(c1)nc(C)n2[C@H]1CCN(C(=O)OC2C3CC4CC2CC(C(N)=O)(C4)C3)C1.Cc1nc2cccc(Cl)c2n1[C@H]1CCN(C(=O)OC2C3CC4CC2CC(C(N)=O)(C4)C3)C1. The van der Waals surface area contributed by atoms with Crippen molar-refractivity contribution in [3.05, 3.63) is 123 Å². The largest absolute Gasteiger partial charge is 0.446 e. The molecule has 16 bridgehead atoms. The summed E-state index contributed by atoms with van der Waals surface area (Å²) in [6.07, 6.45) is 26.2. The number of nitrogens with zero attached hydrogens (tertiary/aromatic N) is 12. The predicted octanol–water partition coefficient (Wildman–Crippen LogP) is 14.6. The monoisotopic (exact) mass is 1820 g/mol. The van der Waals surface area contributed by atoms with E-state index in [0.717, 1.165) is 210 Å². The van der Waals surface area contributed by atoms with E-state index >= 15 is 0 Å². The van der Waals surface area contributed by atoms with Crippen molar-refractivity contribution in [2.45, 2.75) is 250 Å². The molecular weight excluding hydrogens is 1700 g/mol. The molecule has 12 atom stereocenters. The maximum absolute atomic E-state index is 13.9. The van der Waals surface area contributed by atoms with Crippen LogP contribution in [0.25, 0.3) is 44.1 Å². The van der Waals surface area contributed by atoms with Crippen LogP contribution in [0.3, 0.4) is 0 Å². The van der Waals surface area contributed by atoms with Crippen LogP contribution >= 0.6 is 11.6 Å². The molecule has 8 aromatic rings. The van der Waals surface area contributed by atoms with Crippen molar-refractivity contribution in [3.8, 4) is 12.3 Å². The van der Waals surface area contributed by atoms with Crippen LogP contribution in [0.1, 0.15) is 220 Å². The van der Waals surface area contributed by atoms with E-state index in [1.807, 2.05) is 78.8 Å². The van der Waals surface area contributed by atoms with Gasteiger partial charge in [-0.1, -0.05) is 36.6 Å². The molecule has 31 heteroatoms. The molecule has 8 N–H and O–H groups in total. The highest BCUT2D eigenvalue weighted by Crippen LogP contribution is 2.65. The van der Waals surface area contributed by atoms with Gasteiger partial charge in [0.2, 0.25) is 23.6 Å². The fraction of sp³-hybridized carbons (Fsp3) is 0.624. The van der Waals surface area contributed by atoms with Gasteiger partial charge in [-0.25, -0.2) is 43.3 Å². The summed E-state index contributed by atoms with van der Waals surface area (Å²) in [6.45, 7) is 15.4. The number of hydrogen-bond donors (Lipinski definition) is 4. The number of hydrogen-bond acceptors (Lipinski definition) is 16. The lowest BCUT2D eigenvalue weighted by atomic mass is 9.48. The summed E-state index contributed by atoms with van der Waals surface area (Å²) >= 11 is 6.49. The van der Waals surface area contributed by atoms with Crippen molar-refractivity contribution >= 4 is 104 Å². The molecule has 16 aliphatic carbocycles. The van der Waals surface area contributed by atoms with E-state index in [1.165, 1.54) is 17.7 Å². The predicted molar refractivity (Wildman–Crippen MR) is 490 cm³/mol. The second-order valence-electron chi connectivity index (χ2n) is 43.4. The third-order valence-corrected chi connectivity index (χ3v) is 35.5. The number of aromatic nitrogens is 8. The average Bonchev–Trinajstić information content (AvgIpc) is 1.15. The molecule has 132 heavy (non-hydrogen) atoms. The number of rotatable bonds is 14. The van der Waals surface area contributed by atoms with E-state index in [-0.39, 0.29) is 172 Å². The molecule has 20 fully saturated rings. The maximum atomic E-state index is 13.9. The molecule has 28 rings (SSSR count). The minimum absolute atomic E-state index is 0.0654. The Hall–Kier alpha value is -10.7. The molecule has 700 valence electrons. The summed E-state index contributed by atoms with van der Waals surface area (Å²) in [5.41, 5.74) is 30.7. The molecule has 4 saturated heterocycles. The van der Waals surface area contributed by atoms with Crippen molar-refractivity contribution in [1.82, 2.24) is 57.4 Å². The number of imidazole rings is 4. The number of benzene rings is 4. The lowest BCUT2D eigenvalue weighted by molar-refractivity contribution is -0.162. The quantitative estimate of drug-likeness (QED) is 0.0580. The normalized spacial score (nSPS) is 34.8. The lowest BCUT2D eigenvalue weighted by Crippen LogP contribution is -2.59. The minimum Gasteiger partial charge on any atom is -0.446 e. The molecule has 0 spiro atoms. The van der Waals surface area contributed by atoms with E-state index in [2.05, 4.69) is 49.7 Å². The van der Waals surface area contributed by atoms with Crippen LogP contribution in [0.5, 0.6) is 0 Å². The fourth-order valence-corrected chi connectivity index (χ4v) is 30.7. The van der Waals surface area contributed by atoms with Crippen LogP contribution in [-0.4, -0.2) is 182 Å². The Labute approximate surface area is 771 Å². The summed E-state index contributed by atoms with van der Waals surface area (Å²) in [4.78, 5) is 136. The number of halogens is 2. The summed E-state index contributed by atoms with van der Waals surface area (Å²) < 4.78 is 48.5. The number of ether oxygens (including phenoxy) is 4. The van der Waals surface area contributed by atoms with Gasteiger partial charge >= 0.3 is 30.1 Å². The van der Waals surface area contributed by atoms with Crippen molar-refractivity contribution in [2.24, 2.45) is 116 Å². The number of aryl methyl sites for hydroxylation is 5. The van der Waals surface area contributed by atoms with Gasteiger partial charge in [0.05, 0.1) is 95.0 Å². The van der Waals surface area contributed by atoms with Gasteiger partial charge in [0.25, 0.3) is 0 Å². The van der Waals surface area contributed by atoms with E-state index in [1.54, 1.807) is 20.1 Å². The highest BCUT2D eigenvalue weighted by molar-refractivity contribution is 6.35. The molecule has 0 radical (unpaired) electrons. The van der Waals surface area contributed by atoms with E-state index in [9.17, 15) is 47.5 Å².